The molecule has 0 aliphatic carbocycles. The molecular formula is C32H23BrFN3. The number of hydrogen-bond donors (Lipinski definition) is 1. The van der Waals surface area contributed by atoms with E-state index in [0.717, 1.165) is 32.1 Å². The standard InChI is InChI=1S/C32H23BrFN3/c33-30-27(35)19-20-28-29(30)31(22-11-10-18-26(34)21-22)36-37(28)32(23-12-4-1-5-13-23,24-14-6-2-7-15-24)25-16-8-3-9-17-25/h1-21H,35H2. The molecule has 0 bridgehead atoms. The average Bonchev–Trinajstić information content (AvgIpc) is 3.34. The molecule has 0 atom stereocenters. The van der Waals surface area contributed by atoms with Gasteiger partial charge >= 0.3 is 0 Å². The van der Waals surface area contributed by atoms with Gasteiger partial charge in [0.25, 0.3) is 0 Å². The van der Waals surface area contributed by atoms with E-state index in [-0.39, 0.29) is 5.82 Å². The van der Waals surface area contributed by atoms with Crippen molar-refractivity contribution in [3.63, 3.8) is 0 Å². The van der Waals surface area contributed by atoms with Crippen LogP contribution in [0.1, 0.15) is 16.7 Å². The van der Waals surface area contributed by atoms with Crippen LogP contribution in [-0.2, 0) is 5.54 Å². The number of benzene rings is 5. The van der Waals surface area contributed by atoms with Gasteiger partial charge in [-0.15, -0.1) is 0 Å². The molecule has 0 radical (unpaired) electrons. The number of rotatable bonds is 5. The monoisotopic (exact) mass is 547 g/mol. The number of fused-ring (bicyclic) bond motifs is 1. The van der Waals surface area contributed by atoms with Gasteiger partial charge in [0.2, 0.25) is 0 Å². The summed E-state index contributed by atoms with van der Waals surface area (Å²) in [6, 6.07) is 41.5. The lowest BCUT2D eigenvalue weighted by Crippen LogP contribution is -2.38. The number of nitrogen functional groups attached to an aromatic ring is 1. The number of nitrogens with zero attached hydrogens (tertiary/aromatic N) is 2. The van der Waals surface area contributed by atoms with Crippen LogP contribution < -0.4 is 5.73 Å². The maximum absolute atomic E-state index is 14.4. The summed E-state index contributed by atoms with van der Waals surface area (Å²) in [4.78, 5) is 0. The van der Waals surface area contributed by atoms with E-state index < -0.39 is 5.54 Å². The van der Waals surface area contributed by atoms with Crippen molar-refractivity contribution in [3.8, 4) is 11.3 Å². The lowest BCUT2D eigenvalue weighted by Gasteiger charge is -2.37. The van der Waals surface area contributed by atoms with E-state index in [1.807, 2.05) is 72.8 Å². The molecule has 0 saturated carbocycles. The Hall–Kier alpha value is -4.22. The van der Waals surface area contributed by atoms with Gasteiger partial charge in [0.15, 0.2) is 0 Å². The minimum atomic E-state index is -0.816. The van der Waals surface area contributed by atoms with Gasteiger partial charge in [0.05, 0.1) is 9.99 Å². The minimum absolute atomic E-state index is 0.319. The molecular weight excluding hydrogens is 525 g/mol. The van der Waals surface area contributed by atoms with Crippen LogP contribution >= 0.6 is 15.9 Å². The molecule has 0 aliphatic rings. The average molecular weight is 548 g/mol. The molecule has 180 valence electrons. The van der Waals surface area contributed by atoms with Crippen LogP contribution in [0, 0.1) is 5.82 Å². The second-order valence-electron chi connectivity index (χ2n) is 8.94. The van der Waals surface area contributed by atoms with E-state index in [0.29, 0.717) is 16.9 Å². The summed E-state index contributed by atoms with van der Waals surface area (Å²) in [5, 5.41) is 6.10. The predicted molar refractivity (Wildman–Crippen MR) is 152 cm³/mol. The molecule has 1 heterocycles. The SMILES string of the molecule is Nc1ccc2c(c(-c3cccc(F)c3)nn2C(c2ccccc2)(c2ccccc2)c2ccccc2)c1Br. The first kappa shape index (κ1) is 23.2. The zero-order valence-corrected chi connectivity index (χ0v) is 21.4. The topological polar surface area (TPSA) is 43.8 Å². The molecule has 3 nitrogen and oxygen atoms in total. The highest BCUT2D eigenvalue weighted by Crippen LogP contribution is 2.46. The Morgan fingerprint density at radius 1 is 0.676 bits per heavy atom. The zero-order chi connectivity index (χ0) is 25.4. The number of aromatic nitrogens is 2. The molecule has 6 aromatic rings. The van der Waals surface area contributed by atoms with Crippen molar-refractivity contribution in [3.05, 3.63) is 154 Å². The Balaban J connectivity index is 1.82. The van der Waals surface area contributed by atoms with Crippen LogP contribution in [0.3, 0.4) is 0 Å². The van der Waals surface area contributed by atoms with E-state index >= 15 is 0 Å². The van der Waals surface area contributed by atoms with Crippen molar-refractivity contribution in [2.24, 2.45) is 0 Å². The van der Waals surface area contributed by atoms with Crippen molar-refractivity contribution >= 4 is 32.5 Å². The zero-order valence-electron chi connectivity index (χ0n) is 19.9. The summed E-state index contributed by atoms with van der Waals surface area (Å²) in [5.41, 5.74) is 11.5. The fourth-order valence-electron chi connectivity index (χ4n) is 5.19. The van der Waals surface area contributed by atoms with E-state index in [4.69, 9.17) is 10.8 Å². The predicted octanol–water partition coefficient (Wildman–Crippen LogP) is 8.03. The van der Waals surface area contributed by atoms with Gasteiger partial charge < -0.3 is 5.73 Å². The lowest BCUT2D eigenvalue weighted by atomic mass is 9.77. The normalized spacial score (nSPS) is 11.6. The summed E-state index contributed by atoms with van der Waals surface area (Å²) < 4.78 is 17.2. The number of nitrogens with two attached hydrogens (primary N) is 1. The fraction of sp³-hybridized carbons (Fsp3) is 0.0312. The second-order valence-corrected chi connectivity index (χ2v) is 9.74. The van der Waals surface area contributed by atoms with Gasteiger partial charge in [-0.1, -0.05) is 103 Å². The summed E-state index contributed by atoms with van der Waals surface area (Å²) in [6.45, 7) is 0. The number of anilines is 1. The van der Waals surface area contributed by atoms with Gasteiger partial charge in [0.1, 0.15) is 17.1 Å². The highest BCUT2D eigenvalue weighted by atomic mass is 79.9. The van der Waals surface area contributed by atoms with Gasteiger partial charge in [-0.05, 0) is 56.9 Å². The fourth-order valence-corrected chi connectivity index (χ4v) is 5.71. The number of hydrogen-bond acceptors (Lipinski definition) is 2. The highest BCUT2D eigenvalue weighted by molar-refractivity contribution is 9.10. The molecule has 2 N–H and O–H groups in total. The van der Waals surface area contributed by atoms with Crippen molar-refractivity contribution in [2.75, 3.05) is 5.73 Å². The van der Waals surface area contributed by atoms with E-state index in [2.05, 4.69) is 57.0 Å². The lowest BCUT2D eigenvalue weighted by molar-refractivity contribution is 0.477. The molecule has 0 aliphatic heterocycles. The Bertz CT molecular complexity index is 1600. The van der Waals surface area contributed by atoms with E-state index in [9.17, 15) is 4.39 Å². The molecule has 5 aromatic carbocycles. The third kappa shape index (κ3) is 3.74. The Kier molecular flexibility index (Phi) is 5.85. The molecule has 0 amide bonds. The van der Waals surface area contributed by atoms with Gasteiger partial charge in [-0.25, -0.2) is 9.07 Å². The Morgan fingerprint density at radius 3 is 1.73 bits per heavy atom. The van der Waals surface area contributed by atoms with Gasteiger partial charge in [-0.3, -0.25) is 0 Å². The van der Waals surface area contributed by atoms with Gasteiger partial charge in [0, 0.05) is 16.6 Å². The molecule has 1 aromatic heterocycles. The Morgan fingerprint density at radius 2 is 1.22 bits per heavy atom. The van der Waals surface area contributed by atoms with Crippen LogP contribution in [0.5, 0.6) is 0 Å². The molecule has 6 rings (SSSR count). The van der Waals surface area contributed by atoms with Gasteiger partial charge in [-0.2, -0.15) is 5.10 Å². The summed E-state index contributed by atoms with van der Waals surface area (Å²) in [7, 11) is 0. The quantitative estimate of drug-likeness (QED) is 0.175. The largest absolute Gasteiger partial charge is 0.398 e. The Labute approximate surface area is 223 Å². The first-order valence-electron chi connectivity index (χ1n) is 12.0. The third-order valence-electron chi connectivity index (χ3n) is 6.81. The maximum Gasteiger partial charge on any atom is 0.138 e. The summed E-state index contributed by atoms with van der Waals surface area (Å²) >= 11 is 3.72. The molecule has 37 heavy (non-hydrogen) atoms. The third-order valence-corrected chi connectivity index (χ3v) is 7.66. The van der Waals surface area contributed by atoms with Crippen LogP contribution in [0.4, 0.5) is 10.1 Å². The number of halogens is 2. The first-order chi connectivity index (χ1) is 18.1. The van der Waals surface area contributed by atoms with Crippen LogP contribution in [0.15, 0.2) is 132 Å². The molecule has 0 saturated heterocycles. The minimum Gasteiger partial charge on any atom is -0.398 e. The van der Waals surface area contributed by atoms with Crippen LogP contribution in [0.2, 0.25) is 0 Å². The molecule has 5 heteroatoms. The second kappa shape index (κ2) is 9.34. The summed E-state index contributed by atoms with van der Waals surface area (Å²) in [6.07, 6.45) is 0. The molecule has 0 unspecified atom stereocenters. The van der Waals surface area contributed by atoms with Crippen molar-refractivity contribution < 1.29 is 4.39 Å². The molecule has 0 fully saturated rings. The highest BCUT2D eigenvalue weighted by Gasteiger charge is 2.41. The van der Waals surface area contributed by atoms with Crippen LogP contribution in [-0.4, -0.2) is 9.78 Å². The van der Waals surface area contributed by atoms with E-state index in [1.165, 1.54) is 12.1 Å². The van der Waals surface area contributed by atoms with Crippen molar-refractivity contribution in [2.45, 2.75) is 5.54 Å². The first-order valence-corrected chi connectivity index (χ1v) is 12.8. The van der Waals surface area contributed by atoms with Crippen molar-refractivity contribution in [1.82, 2.24) is 9.78 Å². The maximum atomic E-state index is 14.4. The van der Waals surface area contributed by atoms with E-state index in [1.54, 1.807) is 6.07 Å². The van der Waals surface area contributed by atoms with Crippen molar-refractivity contribution in [1.29, 1.82) is 0 Å². The smallest absolute Gasteiger partial charge is 0.138 e. The van der Waals surface area contributed by atoms with Crippen LogP contribution in [0.25, 0.3) is 22.2 Å². The summed E-state index contributed by atoms with van der Waals surface area (Å²) in [5.74, 6) is -0.319. The molecule has 0 spiro atoms.